The minimum absolute atomic E-state index is 0.0222. The molecule has 0 saturated heterocycles. The lowest BCUT2D eigenvalue weighted by atomic mass is 10.1. The van der Waals surface area contributed by atoms with Gasteiger partial charge in [0.1, 0.15) is 0 Å². The van der Waals surface area contributed by atoms with Gasteiger partial charge in [0.15, 0.2) is 0 Å². The van der Waals surface area contributed by atoms with Gasteiger partial charge in [-0.1, -0.05) is 12.1 Å². The highest BCUT2D eigenvalue weighted by Crippen LogP contribution is 2.13. The lowest BCUT2D eigenvalue weighted by molar-refractivity contribution is 0.0953. The van der Waals surface area contributed by atoms with Gasteiger partial charge in [-0.05, 0) is 36.1 Å². The molecule has 0 unspecified atom stereocenters. The lowest BCUT2D eigenvalue weighted by Crippen LogP contribution is -2.26. The number of hydrogen-bond acceptors (Lipinski definition) is 2. The van der Waals surface area contributed by atoms with Crippen LogP contribution in [0.25, 0.3) is 10.9 Å². The molecule has 112 valence electrons. The Kier molecular flexibility index (Phi) is 4.05. The summed E-state index contributed by atoms with van der Waals surface area (Å²) >= 11 is 0. The Morgan fingerprint density at radius 3 is 2.95 bits per heavy atom. The summed E-state index contributed by atoms with van der Waals surface area (Å²) < 4.78 is 1.64. The molecule has 0 atom stereocenters. The van der Waals surface area contributed by atoms with Gasteiger partial charge >= 0.3 is 0 Å². The number of benzene rings is 1. The zero-order chi connectivity index (χ0) is 15.4. The minimum atomic E-state index is -0.100. The second-order valence-corrected chi connectivity index (χ2v) is 5.12. The molecular weight excluding hydrogens is 278 g/mol. The Labute approximate surface area is 127 Å². The molecule has 3 aromatic rings. The second-order valence-electron chi connectivity index (χ2n) is 5.12. The van der Waals surface area contributed by atoms with Crippen LogP contribution in [0, 0.1) is 0 Å². The van der Waals surface area contributed by atoms with Gasteiger partial charge in [0.25, 0.3) is 5.91 Å². The van der Waals surface area contributed by atoms with Crippen LogP contribution in [-0.2, 0) is 6.54 Å². The Morgan fingerprint density at radius 1 is 1.18 bits per heavy atom. The lowest BCUT2D eigenvalue weighted by Gasteiger charge is -2.07. The van der Waals surface area contributed by atoms with E-state index in [0.717, 1.165) is 10.9 Å². The molecule has 1 aromatic carbocycles. The fourth-order valence-electron chi connectivity index (χ4n) is 2.39. The molecule has 3 rings (SSSR count). The maximum absolute atomic E-state index is 12.1. The number of carbonyl (C=O) groups excluding carboxylic acids is 1. The average Bonchev–Trinajstić information content (AvgIpc) is 3.00. The number of aryl methyl sites for hydroxylation is 1. The smallest absolute Gasteiger partial charge is 0.251 e. The monoisotopic (exact) mass is 295 g/mol. The highest BCUT2D eigenvalue weighted by Gasteiger charge is 2.06. The summed E-state index contributed by atoms with van der Waals surface area (Å²) in [6.45, 7) is 1.12. The number of H-pyrrole nitrogens is 1. The number of hydrogen-bond donors (Lipinski definition) is 2. The molecule has 0 spiro atoms. The van der Waals surface area contributed by atoms with E-state index in [4.69, 9.17) is 0 Å². The maximum Gasteiger partial charge on any atom is 0.251 e. The molecule has 0 aliphatic carbocycles. The second kappa shape index (κ2) is 6.30. The van der Waals surface area contributed by atoms with E-state index >= 15 is 0 Å². The summed E-state index contributed by atoms with van der Waals surface area (Å²) in [5, 5.41) is 3.96. The topological polar surface area (TPSA) is 66.9 Å². The highest BCUT2D eigenvalue weighted by atomic mass is 16.1. The number of aromatic amines is 1. The number of nitrogens with zero attached hydrogens (tertiary/aromatic N) is 1. The van der Waals surface area contributed by atoms with Crippen molar-refractivity contribution in [3.05, 3.63) is 70.8 Å². The molecule has 0 fully saturated rings. The zero-order valence-electron chi connectivity index (χ0n) is 12.1. The molecule has 5 heteroatoms. The van der Waals surface area contributed by atoms with E-state index in [1.807, 2.05) is 36.5 Å². The van der Waals surface area contributed by atoms with Gasteiger partial charge in [-0.15, -0.1) is 0 Å². The number of amides is 1. The van der Waals surface area contributed by atoms with Crippen LogP contribution in [0.15, 0.2) is 59.7 Å². The number of carbonyl (C=O) groups is 1. The highest BCUT2D eigenvalue weighted by molar-refractivity contribution is 5.97. The van der Waals surface area contributed by atoms with E-state index in [1.54, 1.807) is 16.8 Å². The standard InChI is InChI=1S/C17H17N3O2/c21-16-4-1-2-10-20(16)11-3-8-19-17(22)14-6-5-13-7-9-18-15(13)12-14/h1-2,4-7,9-10,12,18H,3,8,11H2,(H,19,22). The van der Waals surface area contributed by atoms with E-state index in [9.17, 15) is 9.59 Å². The molecule has 2 heterocycles. The molecule has 5 nitrogen and oxygen atoms in total. The largest absolute Gasteiger partial charge is 0.361 e. The van der Waals surface area contributed by atoms with E-state index in [2.05, 4.69) is 10.3 Å². The summed E-state index contributed by atoms with van der Waals surface area (Å²) in [6.07, 6.45) is 4.31. The van der Waals surface area contributed by atoms with Gasteiger partial charge in [0.05, 0.1) is 0 Å². The fourth-order valence-corrected chi connectivity index (χ4v) is 2.39. The zero-order valence-corrected chi connectivity index (χ0v) is 12.1. The number of rotatable bonds is 5. The van der Waals surface area contributed by atoms with Gasteiger partial charge in [0, 0.05) is 42.6 Å². The van der Waals surface area contributed by atoms with Crippen LogP contribution in [0.2, 0.25) is 0 Å². The molecule has 0 aliphatic heterocycles. The minimum Gasteiger partial charge on any atom is -0.361 e. The third kappa shape index (κ3) is 3.09. The maximum atomic E-state index is 12.1. The van der Waals surface area contributed by atoms with Crippen molar-refractivity contribution in [3.8, 4) is 0 Å². The summed E-state index contributed by atoms with van der Waals surface area (Å²) in [5.74, 6) is -0.100. The van der Waals surface area contributed by atoms with E-state index in [0.29, 0.717) is 25.1 Å². The first-order chi connectivity index (χ1) is 10.7. The molecule has 22 heavy (non-hydrogen) atoms. The van der Waals surface area contributed by atoms with Crippen molar-refractivity contribution in [2.75, 3.05) is 6.54 Å². The van der Waals surface area contributed by atoms with E-state index < -0.39 is 0 Å². The fraction of sp³-hybridized carbons (Fsp3) is 0.176. The predicted molar refractivity (Wildman–Crippen MR) is 86.0 cm³/mol. The normalized spacial score (nSPS) is 10.7. The SMILES string of the molecule is O=C(NCCCn1ccccc1=O)c1ccc2cc[nH]c2c1. The number of pyridine rings is 1. The van der Waals surface area contributed by atoms with Crippen LogP contribution >= 0.6 is 0 Å². The van der Waals surface area contributed by atoms with Crippen molar-refractivity contribution in [2.24, 2.45) is 0 Å². The molecule has 0 aliphatic rings. The van der Waals surface area contributed by atoms with Crippen molar-refractivity contribution in [3.63, 3.8) is 0 Å². The third-order valence-electron chi connectivity index (χ3n) is 3.58. The molecular formula is C17H17N3O2. The van der Waals surface area contributed by atoms with Crippen molar-refractivity contribution < 1.29 is 4.79 Å². The van der Waals surface area contributed by atoms with Gasteiger partial charge in [-0.3, -0.25) is 9.59 Å². The van der Waals surface area contributed by atoms with Crippen molar-refractivity contribution in [2.45, 2.75) is 13.0 Å². The van der Waals surface area contributed by atoms with Crippen LogP contribution in [0.1, 0.15) is 16.8 Å². The van der Waals surface area contributed by atoms with Crippen LogP contribution in [0.4, 0.5) is 0 Å². The average molecular weight is 295 g/mol. The van der Waals surface area contributed by atoms with Gasteiger partial charge in [-0.25, -0.2) is 0 Å². The van der Waals surface area contributed by atoms with Crippen molar-refractivity contribution >= 4 is 16.8 Å². The quantitative estimate of drug-likeness (QED) is 0.708. The Hall–Kier alpha value is -2.82. The van der Waals surface area contributed by atoms with E-state index in [1.165, 1.54) is 6.07 Å². The summed E-state index contributed by atoms with van der Waals surface area (Å²) in [4.78, 5) is 26.7. The van der Waals surface area contributed by atoms with Gasteiger partial charge in [-0.2, -0.15) is 0 Å². The van der Waals surface area contributed by atoms with Crippen LogP contribution in [-0.4, -0.2) is 22.0 Å². The molecule has 0 saturated carbocycles. The van der Waals surface area contributed by atoms with Crippen LogP contribution in [0.3, 0.4) is 0 Å². The van der Waals surface area contributed by atoms with Gasteiger partial charge < -0.3 is 14.9 Å². The molecule has 2 aromatic heterocycles. The first-order valence-electron chi connectivity index (χ1n) is 7.25. The predicted octanol–water partition coefficient (Wildman–Crippen LogP) is 2.15. The van der Waals surface area contributed by atoms with Crippen LogP contribution < -0.4 is 10.9 Å². The molecule has 0 radical (unpaired) electrons. The van der Waals surface area contributed by atoms with Crippen molar-refractivity contribution in [1.82, 2.24) is 14.9 Å². The molecule has 1 amide bonds. The van der Waals surface area contributed by atoms with E-state index in [-0.39, 0.29) is 11.5 Å². The molecule has 0 bridgehead atoms. The Balaban J connectivity index is 1.54. The first-order valence-corrected chi connectivity index (χ1v) is 7.25. The first kappa shape index (κ1) is 14.1. The Bertz CT molecular complexity index is 848. The summed E-state index contributed by atoms with van der Waals surface area (Å²) in [6, 6.07) is 12.6. The number of aromatic nitrogens is 2. The Morgan fingerprint density at radius 2 is 2.09 bits per heavy atom. The number of fused-ring (bicyclic) bond motifs is 1. The summed E-state index contributed by atoms with van der Waals surface area (Å²) in [7, 11) is 0. The number of nitrogens with one attached hydrogen (secondary N) is 2. The third-order valence-corrected chi connectivity index (χ3v) is 3.58. The van der Waals surface area contributed by atoms with Crippen LogP contribution in [0.5, 0.6) is 0 Å². The van der Waals surface area contributed by atoms with Crippen molar-refractivity contribution in [1.29, 1.82) is 0 Å². The molecule has 2 N–H and O–H groups in total. The van der Waals surface area contributed by atoms with Gasteiger partial charge in [0.2, 0.25) is 5.56 Å². The summed E-state index contributed by atoms with van der Waals surface area (Å²) in [5.41, 5.74) is 1.56.